The maximum absolute atomic E-state index is 15.3. The van der Waals surface area contributed by atoms with Gasteiger partial charge in [0.05, 0.1) is 53.6 Å². The summed E-state index contributed by atoms with van der Waals surface area (Å²) in [5.74, 6) is -1.09. The number of imidazole rings is 1. The first-order valence-electron chi connectivity index (χ1n) is 21.3. The van der Waals surface area contributed by atoms with Crippen LogP contribution in [0.25, 0.3) is 27.7 Å². The van der Waals surface area contributed by atoms with E-state index in [2.05, 4.69) is 4.98 Å². The van der Waals surface area contributed by atoms with Crippen molar-refractivity contribution in [2.45, 2.75) is 109 Å². The fraction of sp³-hybridized carbons (Fsp3) is 0.489. The third-order valence-corrected chi connectivity index (χ3v) is 12.8. The summed E-state index contributed by atoms with van der Waals surface area (Å²) >= 11 is 5.46. The molecule has 5 aliphatic heterocycles. The predicted molar refractivity (Wildman–Crippen MR) is 229 cm³/mol. The Morgan fingerprint density at radius 3 is 1.95 bits per heavy atom. The zero-order valence-electron chi connectivity index (χ0n) is 36.1. The van der Waals surface area contributed by atoms with Gasteiger partial charge in [-0.05, 0) is 95.8 Å². The van der Waals surface area contributed by atoms with E-state index in [1.165, 1.54) is 12.1 Å². The molecule has 4 bridgehead atoms. The molecule has 63 heavy (non-hydrogen) atoms. The second-order valence-corrected chi connectivity index (χ2v) is 19.5. The third kappa shape index (κ3) is 7.78. The lowest BCUT2D eigenvalue weighted by molar-refractivity contribution is -0.119. The standard InChI is InChI=1S/C34H33FN6O5.C11H17ClN2O3/c1-34(2,3)46-33(45)41-17-21-12-22(41)16-40(21)32(44)38-9-8-37-18-24(23-11-20(35)10-19(15-38)31(23)37)29-26(42)13-27(43)30(29)25-14-36-28-6-4-5-7-39(25)28;1-11(2,3)17-10(16)14-6-7-4-8(14)5-13(7)9(12)15/h4-7,10-11,14,18,21-22H,8-9,12-13,15-17H2,1-3H3;7-8H,4-6H2,1-3H3. The molecule has 0 saturated carbocycles. The topological polar surface area (TPSA) is 159 Å². The number of aromatic nitrogens is 3. The second-order valence-electron chi connectivity index (χ2n) is 19.2. The molecule has 0 radical (unpaired) electrons. The Hall–Kier alpha value is -5.97. The number of piperazine rings is 2. The first-order valence-corrected chi connectivity index (χ1v) is 21.7. The highest BCUT2D eigenvalue weighted by Crippen LogP contribution is 2.42. The zero-order chi connectivity index (χ0) is 44.9. The van der Waals surface area contributed by atoms with Gasteiger partial charge in [0, 0.05) is 74.7 Å². The Labute approximate surface area is 368 Å². The molecule has 4 aromatic rings. The van der Waals surface area contributed by atoms with Crippen LogP contribution in [0.5, 0.6) is 0 Å². The van der Waals surface area contributed by atoms with Crippen molar-refractivity contribution in [1.29, 1.82) is 0 Å². The van der Waals surface area contributed by atoms with E-state index in [-0.39, 0.29) is 78.1 Å². The van der Waals surface area contributed by atoms with Crippen molar-refractivity contribution < 1.29 is 42.6 Å². The SMILES string of the molecule is CC(C)(C)OC(=O)N1CC2CC1CN2C(=O)Cl.CC(C)(C)OC(=O)N1CC2CC1CN2C(=O)N1CCn2cc(C3=C(c4cnc5ccccn45)C(=O)CC3=O)c3cc(F)cc(c32)C1. The number of fused-ring (bicyclic) bond motifs is 5. The first kappa shape index (κ1) is 42.3. The van der Waals surface area contributed by atoms with Crippen molar-refractivity contribution in [1.82, 2.24) is 38.5 Å². The molecule has 16 nitrogen and oxygen atoms in total. The van der Waals surface area contributed by atoms with E-state index in [9.17, 15) is 28.8 Å². The molecule has 10 rings (SSSR count). The van der Waals surface area contributed by atoms with Crippen molar-refractivity contribution in [3.63, 3.8) is 0 Å². The van der Waals surface area contributed by atoms with E-state index < -0.39 is 22.4 Å². The number of ether oxygens (including phenoxy) is 2. The number of urea groups is 1. The van der Waals surface area contributed by atoms with Gasteiger partial charge in [-0.25, -0.2) is 23.8 Å². The highest BCUT2D eigenvalue weighted by atomic mass is 35.5. The van der Waals surface area contributed by atoms with Crippen LogP contribution >= 0.6 is 11.6 Å². The van der Waals surface area contributed by atoms with Crippen LogP contribution in [0.1, 0.15) is 77.6 Å². The number of Topliss-reactive ketones (excluding diaryl/α,β-unsaturated/α-hetero) is 2. The lowest BCUT2D eigenvalue weighted by Gasteiger charge is -2.37. The molecule has 5 amide bonds. The number of nitrogens with zero attached hydrogens (tertiary/aromatic N) is 8. The van der Waals surface area contributed by atoms with Crippen LogP contribution in [0.3, 0.4) is 0 Å². The molecule has 8 heterocycles. The Morgan fingerprint density at radius 1 is 0.778 bits per heavy atom. The fourth-order valence-corrected chi connectivity index (χ4v) is 10.2. The monoisotopic (exact) mass is 884 g/mol. The molecule has 1 aliphatic carbocycles. The number of hydrogen-bond acceptors (Lipinski definition) is 9. The van der Waals surface area contributed by atoms with Crippen LogP contribution in [0, 0.1) is 5.82 Å². The van der Waals surface area contributed by atoms with E-state index in [4.69, 9.17) is 21.1 Å². The molecule has 4 atom stereocenters. The lowest BCUT2D eigenvalue weighted by atomic mass is 9.98. The lowest BCUT2D eigenvalue weighted by Crippen LogP contribution is -2.54. The molecule has 6 aliphatic rings. The summed E-state index contributed by atoms with van der Waals surface area (Å²) in [5.41, 5.74) is 2.51. The van der Waals surface area contributed by atoms with E-state index >= 15 is 4.39 Å². The minimum atomic E-state index is -0.597. The number of carbonyl (C=O) groups excluding carboxylic acids is 6. The summed E-state index contributed by atoms with van der Waals surface area (Å²) in [4.78, 5) is 89.3. The Morgan fingerprint density at radius 2 is 1.37 bits per heavy atom. The van der Waals surface area contributed by atoms with Gasteiger partial charge in [0.15, 0.2) is 11.6 Å². The molecular formula is C45H50ClFN8O8. The molecular weight excluding hydrogens is 835 g/mol. The minimum Gasteiger partial charge on any atom is -0.444 e. The molecule has 332 valence electrons. The molecule has 0 spiro atoms. The number of pyridine rings is 1. The van der Waals surface area contributed by atoms with Gasteiger partial charge in [-0.3, -0.25) is 18.8 Å². The van der Waals surface area contributed by atoms with Crippen LogP contribution in [0.2, 0.25) is 0 Å². The number of allylic oxidation sites excluding steroid dienone is 2. The molecule has 3 aromatic heterocycles. The molecule has 4 unspecified atom stereocenters. The van der Waals surface area contributed by atoms with Gasteiger partial charge in [-0.1, -0.05) is 6.07 Å². The van der Waals surface area contributed by atoms with E-state index in [0.29, 0.717) is 73.5 Å². The van der Waals surface area contributed by atoms with Gasteiger partial charge >= 0.3 is 23.6 Å². The summed E-state index contributed by atoms with van der Waals surface area (Å²) in [7, 11) is 0. The summed E-state index contributed by atoms with van der Waals surface area (Å²) in [6.07, 6.45) is 5.79. The average Bonchev–Trinajstić information content (AvgIpc) is 4.07. The summed E-state index contributed by atoms with van der Waals surface area (Å²) in [5, 5.41) is 0.100. The molecule has 4 saturated heterocycles. The molecule has 1 aromatic carbocycles. The smallest absolute Gasteiger partial charge is 0.410 e. The highest BCUT2D eigenvalue weighted by Gasteiger charge is 2.50. The Bertz CT molecular complexity index is 2640. The van der Waals surface area contributed by atoms with Crippen LogP contribution < -0.4 is 0 Å². The van der Waals surface area contributed by atoms with Crippen LogP contribution in [-0.4, -0.2) is 142 Å². The minimum absolute atomic E-state index is 0.0533. The molecule has 4 fully saturated rings. The summed E-state index contributed by atoms with van der Waals surface area (Å²) in [6, 6.07) is 8.10. The van der Waals surface area contributed by atoms with Crippen molar-refractivity contribution in [2.75, 3.05) is 32.7 Å². The molecule has 18 heteroatoms. The Balaban J connectivity index is 0.000000249. The van der Waals surface area contributed by atoms with Crippen molar-refractivity contribution in [3.8, 4) is 0 Å². The summed E-state index contributed by atoms with van der Waals surface area (Å²) < 4.78 is 29.9. The van der Waals surface area contributed by atoms with Crippen molar-refractivity contribution >= 4 is 74.4 Å². The number of likely N-dealkylation sites (tertiary alicyclic amines) is 4. The van der Waals surface area contributed by atoms with Gasteiger partial charge in [0.1, 0.15) is 22.7 Å². The van der Waals surface area contributed by atoms with E-state index in [1.54, 1.807) is 36.4 Å². The maximum Gasteiger partial charge on any atom is 0.410 e. The number of rotatable bonds is 2. The van der Waals surface area contributed by atoms with Crippen molar-refractivity contribution in [2.24, 2.45) is 0 Å². The normalized spacial score (nSPS) is 23.0. The highest BCUT2D eigenvalue weighted by molar-refractivity contribution is 6.62. The van der Waals surface area contributed by atoms with Crippen LogP contribution in [0.15, 0.2) is 48.9 Å². The number of benzene rings is 1. The van der Waals surface area contributed by atoms with Crippen LogP contribution in [-0.2, 0) is 32.2 Å². The molecule has 0 N–H and O–H groups in total. The number of halogens is 2. The largest absolute Gasteiger partial charge is 0.444 e. The predicted octanol–water partition coefficient (Wildman–Crippen LogP) is 6.55. The number of hydrogen-bond donors (Lipinski definition) is 0. The van der Waals surface area contributed by atoms with Gasteiger partial charge in [-0.2, -0.15) is 0 Å². The zero-order valence-corrected chi connectivity index (χ0v) is 36.9. The maximum atomic E-state index is 15.3. The fourth-order valence-electron chi connectivity index (χ4n) is 9.99. The Kier molecular flexibility index (Phi) is 10.3. The second kappa shape index (κ2) is 15.4. The average molecular weight is 885 g/mol. The number of amides is 5. The number of carbonyl (C=O) groups is 6. The van der Waals surface area contributed by atoms with Crippen molar-refractivity contribution in [3.05, 3.63) is 71.6 Å². The van der Waals surface area contributed by atoms with Gasteiger partial charge < -0.3 is 38.5 Å². The quantitative estimate of drug-likeness (QED) is 0.124. The van der Waals surface area contributed by atoms with E-state index in [0.717, 1.165) is 11.9 Å². The first-order chi connectivity index (χ1) is 29.7. The van der Waals surface area contributed by atoms with Gasteiger partial charge in [0.2, 0.25) is 0 Å². The van der Waals surface area contributed by atoms with Gasteiger partial charge in [-0.15, -0.1) is 0 Å². The van der Waals surface area contributed by atoms with Crippen LogP contribution in [0.4, 0.5) is 23.6 Å². The van der Waals surface area contributed by atoms with E-state index in [1.807, 2.05) is 75.4 Å². The third-order valence-electron chi connectivity index (χ3n) is 12.5. The summed E-state index contributed by atoms with van der Waals surface area (Å²) in [6.45, 7) is 13.9. The number of ketones is 2. The van der Waals surface area contributed by atoms with Gasteiger partial charge in [0.25, 0.3) is 0 Å².